The number of ether oxygens (including phenoxy) is 1. The van der Waals surface area contributed by atoms with Crippen molar-refractivity contribution in [1.29, 1.82) is 0 Å². The van der Waals surface area contributed by atoms with Crippen LogP contribution in [0.15, 0.2) is 30.6 Å². The summed E-state index contributed by atoms with van der Waals surface area (Å²) >= 11 is 0. The molecule has 0 atom stereocenters. The van der Waals surface area contributed by atoms with Crippen molar-refractivity contribution in [3.8, 4) is 17.3 Å². The number of methoxy groups -OCH3 is 1. The Labute approximate surface area is 81.6 Å². The monoisotopic (exact) mass is 186 g/mol. The van der Waals surface area contributed by atoms with E-state index in [0.29, 0.717) is 11.6 Å². The predicted molar refractivity (Wildman–Crippen MR) is 50.7 cm³/mol. The average molecular weight is 186 g/mol. The normalized spacial score (nSPS) is 9.79. The molecule has 0 fully saturated rings. The summed E-state index contributed by atoms with van der Waals surface area (Å²) in [5.41, 5.74) is 1.45. The van der Waals surface area contributed by atoms with Gasteiger partial charge in [-0.3, -0.25) is 4.98 Å². The zero-order valence-corrected chi connectivity index (χ0v) is 7.64. The van der Waals surface area contributed by atoms with Crippen molar-refractivity contribution in [1.82, 2.24) is 15.0 Å². The van der Waals surface area contributed by atoms with E-state index in [1.807, 2.05) is 18.2 Å². The molecule has 4 heteroatoms. The van der Waals surface area contributed by atoms with E-state index in [1.54, 1.807) is 12.4 Å². The molecule has 0 aliphatic rings. The first-order valence-electron chi connectivity index (χ1n) is 4.10. The van der Waals surface area contributed by atoms with Gasteiger partial charge >= 0.3 is 0 Å². The first kappa shape index (κ1) is 8.62. The molecule has 4 nitrogen and oxygen atoms in total. The molecule has 2 aromatic heterocycles. The SMILES string of the molecule is COc1[c]ncc(-c2ccccn2)n1. The molecule has 0 aliphatic heterocycles. The summed E-state index contributed by atoms with van der Waals surface area (Å²) in [4.78, 5) is 12.2. The molecule has 2 heterocycles. The Kier molecular flexibility index (Phi) is 2.36. The van der Waals surface area contributed by atoms with Gasteiger partial charge in [0.15, 0.2) is 6.20 Å². The van der Waals surface area contributed by atoms with Gasteiger partial charge in [0, 0.05) is 6.20 Å². The quantitative estimate of drug-likeness (QED) is 0.710. The molecule has 0 N–H and O–H groups in total. The van der Waals surface area contributed by atoms with Crippen LogP contribution in [0.1, 0.15) is 0 Å². The number of aromatic nitrogens is 3. The molecular formula is C10H8N3O. The molecule has 0 unspecified atom stereocenters. The van der Waals surface area contributed by atoms with Gasteiger partial charge in [-0.05, 0) is 12.1 Å². The van der Waals surface area contributed by atoms with E-state index in [9.17, 15) is 0 Å². The molecular weight excluding hydrogens is 178 g/mol. The van der Waals surface area contributed by atoms with Crippen LogP contribution < -0.4 is 4.74 Å². The Morgan fingerprint density at radius 2 is 2.21 bits per heavy atom. The molecule has 0 saturated carbocycles. The second kappa shape index (κ2) is 3.83. The van der Waals surface area contributed by atoms with Crippen molar-refractivity contribution < 1.29 is 4.74 Å². The minimum Gasteiger partial charge on any atom is -0.479 e. The molecule has 2 rings (SSSR count). The third kappa shape index (κ3) is 1.69. The van der Waals surface area contributed by atoms with Crippen molar-refractivity contribution in [3.05, 3.63) is 36.8 Å². The van der Waals surface area contributed by atoms with E-state index in [-0.39, 0.29) is 0 Å². The highest BCUT2D eigenvalue weighted by Crippen LogP contribution is 2.14. The molecule has 14 heavy (non-hydrogen) atoms. The number of pyridine rings is 1. The fourth-order valence-corrected chi connectivity index (χ4v) is 1.04. The molecule has 0 amide bonds. The van der Waals surface area contributed by atoms with Gasteiger partial charge in [0.2, 0.25) is 5.88 Å². The fourth-order valence-electron chi connectivity index (χ4n) is 1.04. The summed E-state index contributed by atoms with van der Waals surface area (Å²) in [6.45, 7) is 0. The maximum Gasteiger partial charge on any atom is 0.242 e. The third-order valence-electron chi connectivity index (χ3n) is 1.69. The highest BCUT2D eigenvalue weighted by molar-refractivity contribution is 5.52. The lowest BCUT2D eigenvalue weighted by Crippen LogP contribution is -1.93. The number of hydrogen-bond acceptors (Lipinski definition) is 4. The van der Waals surface area contributed by atoms with Crippen LogP contribution in [0, 0.1) is 6.20 Å². The molecule has 0 saturated heterocycles. The van der Waals surface area contributed by atoms with E-state index in [2.05, 4.69) is 21.1 Å². The minimum absolute atomic E-state index is 0.369. The van der Waals surface area contributed by atoms with Gasteiger partial charge in [0.1, 0.15) is 5.69 Å². The molecule has 2 aromatic rings. The van der Waals surface area contributed by atoms with Crippen molar-refractivity contribution in [2.75, 3.05) is 7.11 Å². The average Bonchev–Trinajstić information content (AvgIpc) is 2.30. The lowest BCUT2D eigenvalue weighted by Gasteiger charge is -2.00. The van der Waals surface area contributed by atoms with Crippen molar-refractivity contribution >= 4 is 0 Å². The van der Waals surface area contributed by atoms with E-state index in [0.717, 1.165) is 5.69 Å². The highest BCUT2D eigenvalue weighted by Gasteiger charge is 2.02. The van der Waals surface area contributed by atoms with E-state index >= 15 is 0 Å². The van der Waals surface area contributed by atoms with E-state index < -0.39 is 0 Å². The zero-order chi connectivity index (χ0) is 9.80. The number of hydrogen-bond donors (Lipinski definition) is 0. The lowest BCUT2D eigenvalue weighted by molar-refractivity contribution is 0.395. The summed E-state index contributed by atoms with van der Waals surface area (Å²) in [6, 6.07) is 5.61. The maximum atomic E-state index is 4.92. The van der Waals surface area contributed by atoms with Gasteiger partial charge in [0.25, 0.3) is 0 Å². The second-order valence-corrected chi connectivity index (χ2v) is 2.59. The van der Waals surface area contributed by atoms with Crippen LogP contribution in [0.25, 0.3) is 11.4 Å². The smallest absolute Gasteiger partial charge is 0.242 e. The molecule has 0 bridgehead atoms. The van der Waals surface area contributed by atoms with Crippen LogP contribution in [0.4, 0.5) is 0 Å². The molecule has 0 aliphatic carbocycles. The number of rotatable bonds is 2. The second-order valence-electron chi connectivity index (χ2n) is 2.59. The van der Waals surface area contributed by atoms with Crippen molar-refractivity contribution in [2.24, 2.45) is 0 Å². The topological polar surface area (TPSA) is 47.9 Å². The summed E-state index contributed by atoms with van der Waals surface area (Å²) in [7, 11) is 1.53. The van der Waals surface area contributed by atoms with Gasteiger partial charge in [0.05, 0.1) is 19.0 Å². The summed E-state index contributed by atoms with van der Waals surface area (Å²) in [5.74, 6) is 0.369. The standard InChI is InChI=1S/C10H8N3O/c1-14-10-7-11-6-9(13-10)8-4-2-3-5-12-8/h2-6H,1H3. The van der Waals surface area contributed by atoms with Crippen molar-refractivity contribution in [3.63, 3.8) is 0 Å². The van der Waals surface area contributed by atoms with Crippen LogP contribution >= 0.6 is 0 Å². The highest BCUT2D eigenvalue weighted by atomic mass is 16.5. The largest absolute Gasteiger partial charge is 0.479 e. The molecule has 0 aromatic carbocycles. The molecule has 69 valence electrons. The summed E-state index contributed by atoms with van der Waals surface area (Å²) in [5, 5.41) is 0. The van der Waals surface area contributed by atoms with Gasteiger partial charge in [-0.2, -0.15) is 0 Å². The minimum atomic E-state index is 0.369. The van der Waals surface area contributed by atoms with Crippen LogP contribution in [-0.4, -0.2) is 22.1 Å². The Morgan fingerprint density at radius 1 is 1.29 bits per heavy atom. The van der Waals surface area contributed by atoms with Crippen molar-refractivity contribution in [2.45, 2.75) is 0 Å². The zero-order valence-electron chi connectivity index (χ0n) is 7.64. The Bertz CT molecular complexity index is 417. The van der Waals surface area contributed by atoms with Crippen LogP contribution in [-0.2, 0) is 0 Å². The van der Waals surface area contributed by atoms with E-state index in [4.69, 9.17) is 4.74 Å². The molecule has 1 radical (unpaired) electrons. The maximum absolute atomic E-state index is 4.92. The third-order valence-corrected chi connectivity index (χ3v) is 1.69. The number of nitrogens with zero attached hydrogens (tertiary/aromatic N) is 3. The Morgan fingerprint density at radius 3 is 2.93 bits per heavy atom. The first-order valence-corrected chi connectivity index (χ1v) is 4.10. The Hall–Kier alpha value is -1.97. The molecule has 0 spiro atoms. The van der Waals surface area contributed by atoms with Crippen LogP contribution in [0.3, 0.4) is 0 Å². The summed E-state index contributed by atoms with van der Waals surface area (Å²) in [6.07, 6.45) is 5.93. The van der Waals surface area contributed by atoms with Crippen LogP contribution in [0.2, 0.25) is 0 Å². The lowest BCUT2D eigenvalue weighted by atomic mass is 10.3. The van der Waals surface area contributed by atoms with Gasteiger partial charge < -0.3 is 4.74 Å². The van der Waals surface area contributed by atoms with E-state index in [1.165, 1.54) is 7.11 Å². The van der Waals surface area contributed by atoms with Gasteiger partial charge in [-0.25, -0.2) is 9.97 Å². The predicted octanol–water partition coefficient (Wildman–Crippen LogP) is 1.35. The Balaban J connectivity index is 2.42. The summed E-state index contributed by atoms with van der Waals surface area (Å²) < 4.78 is 4.92. The van der Waals surface area contributed by atoms with Gasteiger partial charge in [-0.1, -0.05) is 6.07 Å². The van der Waals surface area contributed by atoms with Crippen LogP contribution in [0.5, 0.6) is 5.88 Å². The first-order chi connectivity index (χ1) is 6.90. The fraction of sp³-hybridized carbons (Fsp3) is 0.100. The van der Waals surface area contributed by atoms with Gasteiger partial charge in [-0.15, -0.1) is 0 Å².